The molecular weight excluding hydrogens is 417 g/mol. The number of carbonyl (C=O) groups is 1. The molecule has 5 nitrogen and oxygen atoms in total. The van der Waals surface area contributed by atoms with E-state index in [1.165, 1.54) is 16.3 Å². The van der Waals surface area contributed by atoms with E-state index in [1.807, 2.05) is 6.07 Å². The molecule has 2 aromatic carbocycles. The number of anilines is 1. The Morgan fingerprint density at radius 3 is 2.82 bits per heavy atom. The van der Waals surface area contributed by atoms with Gasteiger partial charge >= 0.3 is 0 Å². The first-order valence-electron chi connectivity index (χ1n) is 8.43. The number of halogens is 2. The van der Waals surface area contributed by atoms with Gasteiger partial charge in [0.1, 0.15) is 0 Å². The second-order valence-corrected chi connectivity index (χ2v) is 8.14. The number of aromatic nitrogens is 2. The van der Waals surface area contributed by atoms with Gasteiger partial charge in [0, 0.05) is 11.6 Å². The van der Waals surface area contributed by atoms with E-state index in [9.17, 15) is 9.59 Å². The Morgan fingerprint density at radius 2 is 2.07 bits per heavy atom. The highest BCUT2D eigenvalue weighted by Crippen LogP contribution is 2.28. The fourth-order valence-corrected chi connectivity index (χ4v) is 3.82. The summed E-state index contributed by atoms with van der Waals surface area (Å²) in [6.07, 6.45) is 1.62. The summed E-state index contributed by atoms with van der Waals surface area (Å²) in [5.41, 5.74) is 0.848. The van der Waals surface area contributed by atoms with E-state index in [1.54, 1.807) is 49.4 Å². The number of hydrogen-bond acceptors (Lipinski definition) is 4. The minimum Gasteiger partial charge on any atom is -0.324 e. The van der Waals surface area contributed by atoms with Crippen LogP contribution in [0.5, 0.6) is 0 Å². The summed E-state index contributed by atoms with van der Waals surface area (Å²) in [4.78, 5) is 30.0. The van der Waals surface area contributed by atoms with Crippen molar-refractivity contribution in [3.8, 4) is 0 Å². The zero-order valence-electron chi connectivity index (χ0n) is 15.0. The van der Waals surface area contributed by atoms with Crippen molar-refractivity contribution in [2.24, 2.45) is 0 Å². The third kappa shape index (κ3) is 4.41. The number of thioether (sulfide) groups is 1. The molecule has 1 amide bonds. The molecule has 0 bridgehead atoms. The van der Waals surface area contributed by atoms with Gasteiger partial charge in [-0.05, 0) is 37.3 Å². The summed E-state index contributed by atoms with van der Waals surface area (Å²) in [5.74, 6) is -0.276. The van der Waals surface area contributed by atoms with E-state index in [0.717, 1.165) is 0 Å². The lowest BCUT2D eigenvalue weighted by atomic mass is 10.2. The number of amides is 1. The normalized spacial score (nSPS) is 12.0. The van der Waals surface area contributed by atoms with Crippen LogP contribution in [0.1, 0.15) is 6.92 Å². The third-order valence-electron chi connectivity index (χ3n) is 3.98. The maximum absolute atomic E-state index is 12.8. The van der Waals surface area contributed by atoms with E-state index in [2.05, 4.69) is 16.9 Å². The topological polar surface area (TPSA) is 64.0 Å². The molecule has 0 aliphatic rings. The number of hydrogen-bond donors (Lipinski definition) is 1. The van der Waals surface area contributed by atoms with Crippen molar-refractivity contribution in [2.75, 3.05) is 5.32 Å². The van der Waals surface area contributed by atoms with E-state index in [4.69, 9.17) is 23.2 Å². The van der Waals surface area contributed by atoms with Crippen LogP contribution in [-0.4, -0.2) is 20.7 Å². The van der Waals surface area contributed by atoms with Gasteiger partial charge in [0.05, 0.1) is 26.9 Å². The molecule has 0 radical (unpaired) electrons. The number of para-hydroxylation sites is 1. The van der Waals surface area contributed by atoms with Crippen LogP contribution in [0.4, 0.5) is 5.69 Å². The minimum atomic E-state index is -0.529. The zero-order valence-corrected chi connectivity index (χ0v) is 17.3. The van der Waals surface area contributed by atoms with Gasteiger partial charge in [-0.15, -0.1) is 6.58 Å². The molecule has 0 saturated carbocycles. The number of nitrogens with zero attached hydrogens (tertiary/aromatic N) is 2. The standard InChI is InChI=1S/C20H17Cl2N3O2S/c1-3-10-25-19(27)14-6-4-5-7-16(14)24-20(25)28-12(2)18(26)23-17-11-13(21)8-9-15(17)22/h3-9,11-12H,1,10H2,2H3,(H,23,26)/t12-/m0/s1. The molecule has 0 aliphatic heterocycles. The lowest BCUT2D eigenvalue weighted by molar-refractivity contribution is -0.115. The summed E-state index contributed by atoms with van der Waals surface area (Å²) in [6.45, 7) is 5.74. The molecule has 0 unspecified atom stereocenters. The number of nitrogens with one attached hydrogen (secondary N) is 1. The second-order valence-electron chi connectivity index (χ2n) is 5.99. The highest BCUT2D eigenvalue weighted by Gasteiger charge is 2.20. The van der Waals surface area contributed by atoms with Crippen molar-refractivity contribution in [2.45, 2.75) is 23.9 Å². The van der Waals surface area contributed by atoms with Crippen LogP contribution in [0.25, 0.3) is 10.9 Å². The molecule has 3 aromatic rings. The van der Waals surface area contributed by atoms with Crippen molar-refractivity contribution >= 4 is 57.5 Å². The van der Waals surface area contributed by atoms with Gasteiger partial charge < -0.3 is 5.32 Å². The molecular formula is C20H17Cl2N3O2S. The molecule has 3 rings (SSSR count). The van der Waals surface area contributed by atoms with Gasteiger partial charge in [0.2, 0.25) is 5.91 Å². The Hall–Kier alpha value is -2.28. The third-order valence-corrected chi connectivity index (χ3v) is 5.63. The lowest BCUT2D eigenvalue weighted by Gasteiger charge is -2.16. The van der Waals surface area contributed by atoms with Crippen LogP contribution >= 0.6 is 35.0 Å². The van der Waals surface area contributed by atoms with Gasteiger partial charge in [-0.2, -0.15) is 0 Å². The molecule has 1 atom stereocenters. The zero-order chi connectivity index (χ0) is 20.3. The van der Waals surface area contributed by atoms with Crippen LogP contribution < -0.4 is 10.9 Å². The molecule has 1 N–H and O–H groups in total. The molecule has 8 heteroatoms. The second kappa shape index (κ2) is 8.82. The van der Waals surface area contributed by atoms with Crippen LogP contribution in [0.15, 0.2) is 65.1 Å². The van der Waals surface area contributed by atoms with Crippen molar-refractivity contribution in [1.29, 1.82) is 0 Å². The van der Waals surface area contributed by atoms with Crippen molar-refractivity contribution in [1.82, 2.24) is 9.55 Å². The molecule has 0 fully saturated rings. The first-order valence-corrected chi connectivity index (χ1v) is 10.1. The van der Waals surface area contributed by atoms with Crippen molar-refractivity contribution < 1.29 is 4.79 Å². The smallest absolute Gasteiger partial charge is 0.262 e. The molecule has 0 aliphatic carbocycles. The van der Waals surface area contributed by atoms with Gasteiger partial charge in [-0.1, -0.05) is 53.2 Å². The number of carbonyl (C=O) groups excluding carboxylic acids is 1. The largest absolute Gasteiger partial charge is 0.324 e. The molecule has 0 spiro atoms. The Balaban J connectivity index is 1.89. The number of allylic oxidation sites excluding steroid dienone is 1. The van der Waals surface area contributed by atoms with E-state index in [0.29, 0.717) is 38.3 Å². The maximum atomic E-state index is 12.8. The average molecular weight is 434 g/mol. The summed E-state index contributed by atoms with van der Waals surface area (Å²) >= 11 is 13.3. The first-order chi connectivity index (χ1) is 13.4. The predicted octanol–water partition coefficient (Wildman–Crippen LogP) is 5.01. The Bertz CT molecular complexity index is 1110. The number of fused-ring (bicyclic) bond motifs is 1. The Labute approximate surface area is 176 Å². The molecule has 28 heavy (non-hydrogen) atoms. The monoisotopic (exact) mass is 433 g/mol. The minimum absolute atomic E-state index is 0.168. The number of rotatable bonds is 6. The van der Waals surface area contributed by atoms with Gasteiger partial charge in [-0.25, -0.2) is 4.98 Å². The van der Waals surface area contributed by atoms with Crippen LogP contribution in [0, 0.1) is 0 Å². The Morgan fingerprint density at radius 1 is 1.32 bits per heavy atom. The molecule has 144 valence electrons. The summed E-state index contributed by atoms with van der Waals surface area (Å²) in [7, 11) is 0. The summed E-state index contributed by atoms with van der Waals surface area (Å²) < 4.78 is 1.51. The quantitative estimate of drug-likeness (QED) is 0.337. The highest BCUT2D eigenvalue weighted by atomic mass is 35.5. The van der Waals surface area contributed by atoms with Crippen molar-refractivity contribution in [3.05, 3.63) is 75.5 Å². The molecule has 0 saturated heterocycles. The fourth-order valence-electron chi connectivity index (χ4n) is 2.57. The molecule has 1 aromatic heterocycles. The van der Waals surface area contributed by atoms with Gasteiger partial charge in [0.15, 0.2) is 5.16 Å². The summed E-state index contributed by atoms with van der Waals surface area (Å²) in [5, 5.41) is 4.07. The highest BCUT2D eigenvalue weighted by molar-refractivity contribution is 8.00. The van der Waals surface area contributed by atoms with Gasteiger partial charge in [0.25, 0.3) is 5.56 Å². The average Bonchev–Trinajstić information content (AvgIpc) is 2.67. The predicted molar refractivity (Wildman–Crippen MR) is 117 cm³/mol. The van der Waals surface area contributed by atoms with E-state index in [-0.39, 0.29) is 11.5 Å². The van der Waals surface area contributed by atoms with Crippen LogP contribution in [-0.2, 0) is 11.3 Å². The molecule has 1 heterocycles. The van der Waals surface area contributed by atoms with Crippen molar-refractivity contribution in [3.63, 3.8) is 0 Å². The first kappa shape index (κ1) is 20.5. The fraction of sp³-hybridized carbons (Fsp3) is 0.150. The van der Waals surface area contributed by atoms with E-state index < -0.39 is 5.25 Å². The SMILES string of the molecule is C=CCn1c(S[C@@H](C)C(=O)Nc2cc(Cl)ccc2Cl)nc2ccccc2c1=O. The van der Waals surface area contributed by atoms with E-state index >= 15 is 0 Å². The lowest BCUT2D eigenvalue weighted by Crippen LogP contribution is -2.26. The van der Waals surface area contributed by atoms with Crippen LogP contribution in [0.3, 0.4) is 0 Å². The van der Waals surface area contributed by atoms with Crippen LogP contribution in [0.2, 0.25) is 10.0 Å². The number of benzene rings is 2. The van der Waals surface area contributed by atoms with Gasteiger partial charge in [-0.3, -0.25) is 14.2 Å². The Kier molecular flexibility index (Phi) is 6.44. The summed E-state index contributed by atoms with van der Waals surface area (Å²) in [6, 6.07) is 12.0. The maximum Gasteiger partial charge on any atom is 0.262 e.